The number of fused-ring (bicyclic) bond motifs is 1. The number of alkyl halides is 2. The van der Waals surface area contributed by atoms with Crippen LogP contribution < -0.4 is 4.74 Å². The van der Waals surface area contributed by atoms with E-state index in [2.05, 4.69) is 20.3 Å². The zero-order chi connectivity index (χ0) is 22.9. The van der Waals surface area contributed by atoms with Gasteiger partial charge >= 0.3 is 0 Å². The lowest BCUT2D eigenvalue weighted by Crippen LogP contribution is -2.02. The first-order chi connectivity index (χ1) is 16.0. The lowest BCUT2D eigenvalue weighted by atomic mass is 10.1. The number of hydrogen-bond acceptors (Lipinski definition) is 6. The fraction of sp³-hybridized carbons (Fsp3) is 0.130. The van der Waals surface area contributed by atoms with Gasteiger partial charge in [0.1, 0.15) is 17.0 Å². The lowest BCUT2D eigenvalue weighted by molar-refractivity contribution is 0.143. The molecule has 3 heterocycles. The quantitative estimate of drug-likeness (QED) is 0.322. The molecule has 5 aromatic rings. The van der Waals surface area contributed by atoms with E-state index in [4.69, 9.17) is 20.8 Å². The molecule has 3 aromatic heterocycles. The van der Waals surface area contributed by atoms with Crippen LogP contribution >= 0.6 is 11.6 Å². The normalized spacial score (nSPS) is 11.4. The van der Waals surface area contributed by atoms with Crippen molar-refractivity contribution in [1.29, 1.82) is 0 Å². The summed E-state index contributed by atoms with van der Waals surface area (Å²) in [5.74, 6) is 1.14. The van der Waals surface area contributed by atoms with Crippen LogP contribution in [-0.2, 0) is 6.42 Å². The van der Waals surface area contributed by atoms with E-state index in [1.54, 1.807) is 43.5 Å². The molecule has 0 radical (unpaired) electrons. The molecule has 166 valence electrons. The average molecular weight is 468 g/mol. The standard InChI is InChI=1S/C23H16ClF2N5O2/c1-32-16-7-5-14(6-8-16)18-11-19(21(25)26)31-22(28-18)17(12-27-31)23-30-29-20(33-23)10-13-3-2-4-15(24)9-13/h2-9,11-12,21H,10H2,1H3. The topological polar surface area (TPSA) is 78.3 Å². The fourth-order valence-electron chi connectivity index (χ4n) is 3.46. The molecule has 33 heavy (non-hydrogen) atoms. The summed E-state index contributed by atoms with van der Waals surface area (Å²) >= 11 is 6.03. The van der Waals surface area contributed by atoms with Gasteiger partial charge in [0.15, 0.2) is 5.65 Å². The summed E-state index contributed by atoms with van der Waals surface area (Å²) < 4.78 is 39.7. The van der Waals surface area contributed by atoms with Crippen molar-refractivity contribution in [3.63, 3.8) is 0 Å². The molecule has 0 unspecified atom stereocenters. The van der Waals surface area contributed by atoms with Gasteiger partial charge in [0.25, 0.3) is 12.3 Å². The minimum Gasteiger partial charge on any atom is -0.497 e. The summed E-state index contributed by atoms with van der Waals surface area (Å²) in [6, 6.07) is 15.6. The Hall–Kier alpha value is -3.85. The third kappa shape index (κ3) is 4.14. The molecular formula is C23H16ClF2N5O2. The Morgan fingerprint density at radius 1 is 1.09 bits per heavy atom. The van der Waals surface area contributed by atoms with E-state index in [0.717, 1.165) is 10.1 Å². The first-order valence-electron chi connectivity index (χ1n) is 9.90. The molecule has 0 aliphatic carbocycles. The van der Waals surface area contributed by atoms with Crippen molar-refractivity contribution < 1.29 is 17.9 Å². The van der Waals surface area contributed by atoms with Crippen LogP contribution in [0.15, 0.2) is 65.2 Å². The first kappa shape index (κ1) is 21.0. The molecule has 0 fully saturated rings. The van der Waals surface area contributed by atoms with Gasteiger partial charge in [-0.15, -0.1) is 10.2 Å². The molecule has 0 spiro atoms. The Morgan fingerprint density at radius 2 is 1.91 bits per heavy atom. The maximum atomic E-state index is 13.8. The third-order valence-corrected chi connectivity index (χ3v) is 5.29. The zero-order valence-electron chi connectivity index (χ0n) is 17.2. The number of rotatable bonds is 6. The first-order valence-corrected chi connectivity index (χ1v) is 10.3. The molecule has 0 saturated carbocycles. The van der Waals surface area contributed by atoms with Gasteiger partial charge in [-0.3, -0.25) is 0 Å². The number of methoxy groups -OCH3 is 1. The molecule has 5 rings (SSSR count). The van der Waals surface area contributed by atoms with Crippen molar-refractivity contribution >= 4 is 17.2 Å². The van der Waals surface area contributed by atoms with Gasteiger partial charge in [-0.1, -0.05) is 23.7 Å². The molecule has 2 aromatic carbocycles. The summed E-state index contributed by atoms with van der Waals surface area (Å²) in [6.07, 6.45) is -0.997. The minimum atomic E-state index is -2.76. The summed E-state index contributed by atoms with van der Waals surface area (Å²) in [5.41, 5.74) is 2.17. The van der Waals surface area contributed by atoms with Crippen molar-refractivity contribution in [3.05, 3.63) is 83.0 Å². The van der Waals surface area contributed by atoms with Crippen LogP contribution in [0, 0.1) is 0 Å². The largest absolute Gasteiger partial charge is 0.497 e. The third-order valence-electron chi connectivity index (χ3n) is 5.05. The summed E-state index contributed by atoms with van der Waals surface area (Å²) in [6.45, 7) is 0. The van der Waals surface area contributed by atoms with E-state index in [1.807, 2.05) is 12.1 Å². The fourth-order valence-corrected chi connectivity index (χ4v) is 3.67. The summed E-state index contributed by atoms with van der Waals surface area (Å²) in [7, 11) is 1.55. The molecule has 0 atom stereocenters. The smallest absolute Gasteiger partial charge is 0.280 e. The van der Waals surface area contributed by atoms with Crippen LogP contribution in [0.5, 0.6) is 5.75 Å². The Bertz CT molecular complexity index is 1430. The molecule has 0 aliphatic rings. The highest BCUT2D eigenvalue weighted by molar-refractivity contribution is 6.30. The molecule has 7 nitrogen and oxygen atoms in total. The van der Waals surface area contributed by atoms with Crippen LogP contribution in [0.25, 0.3) is 28.4 Å². The minimum absolute atomic E-state index is 0.140. The van der Waals surface area contributed by atoms with Gasteiger partial charge in [-0.25, -0.2) is 18.3 Å². The van der Waals surface area contributed by atoms with Gasteiger partial charge < -0.3 is 9.15 Å². The van der Waals surface area contributed by atoms with Crippen molar-refractivity contribution in [2.24, 2.45) is 0 Å². The van der Waals surface area contributed by atoms with Crippen molar-refractivity contribution in [2.45, 2.75) is 12.8 Å². The second-order valence-electron chi connectivity index (χ2n) is 7.20. The second-order valence-corrected chi connectivity index (χ2v) is 7.63. The molecule has 0 saturated heterocycles. The molecule has 0 amide bonds. The van der Waals surface area contributed by atoms with Gasteiger partial charge in [-0.05, 0) is 48.0 Å². The Morgan fingerprint density at radius 3 is 2.64 bits per heavy atom. The van der Waals surface area contributed by atoms with Gasteiger partial charge in [-0.2, -0.15) is 5.10 Å². The van der Waals surface area contributed by atoms with Crippen LogP contribution in [-0.4, -0.2) is 31.9 Å². The van der Waals surface area contributed by atoms with E-state index in [-0.39, 0.29) is 17.2 Å². The van der Waals surface area contributed by atoms with Crippen molar-refractivity contribution in [1.82, 2.24) is 24.8 Å². The predicted octanol–water partition coefficient (Wildman–Crippen LogP) is 5.64. The molecule has 0 N–H and O–H groups in total. The van der Waals surface area contributed by atoms with Crippen LogP contribution in [0.2, 0.25) is 5.02 Å². The highest BCUT2D eigenvalue weighted by atomic mass is 35.5. The monoisotopic (exact) mass is 467 g/mol. The molecule has 0 aliphatic heterocycles. The highest BCUT2D eigenvalue weighted by Gasteiger charge is 2.22. The van der Waals surface area contributed by atoms with Gasteiger partial charge in [0.05, 0.1) is 25.4 Å². The van der Waals surface area contributed by atoms with E-state index in [1.165, 1.54) is 12.3 Å². The number of benzene rings is 2. The van der Waals surface area contributed by atoms with E-state index >= 15 is 0 Å². The maximum absolute atomic E-state index is 13.8. The van der Waals surface area contributed by atoms with E-state index < -0.39 is 6.43 Å². The maximum Gasteiger partial charge on any atom is 0.280 e. The SMILES string of the molecule is COc1ccc(-c2cc(C(F)F)n3ncc(-c4nnc(Cc5cccc(Cl)c5)o4)c3n2)cc1. The molecular weight excluding hydrogens is 452 g/mol. The van der Waals surface area contributed by atoms with Crippen LogP contribution in [0.3, 0.4) is 0 Å². The Balaban J connectivity index is 1.56. The summed E-state index contributed by atoms with van der Waals surface area (Å²) in [4.78, 5) is 4.57. The second kappa shape index (κ2) is 8.59. The predicted molar refractivity (Wildman–Crippen MR) is 117 cm³/mol. The van der Waals surface area contributed by atoms with Crippen LogP contribution in [0.4, 0.5) is 8.78 Å². The average Bonchev–Trinajstić information content (AvgIpc) is 3.45. The number of hydrogen-bond donors (Lipinski definition) is 0. The van der Waals surface area contributed by atoms with Gasteiger partial charge in [0.2, 0.25) is 5.89 Å². The number of aromatic nitrogens is 5. The summed E-state index contributed by atoms with van der Waals surface area (Å²) in [5, 5.41) is 12.8. The van der Waals surface area contributed by atoms with Crippen LogP contribution in [0.1, 0.15) is 23.6 Å². The van der Waals surface area contributed by atoms with E-state index in [9.17, 15) is 8.78 Å². The number of halogens is 3. The number of ether oxygens (including phenoxy) is 1. The Kier molecular flexibility index (Phi) is 5.47. The van der Waals surface area contributed by atoms with Gasteiger partial charge in [0, 0.05) is 10.6 Å². The Labute approximate surface area is 191 Å². The molecule has 0 bridgehead atoms. The van der Waals surface area contributed by atoms with E-state index in [0.29, 0.717) is 39.9 Å². The van der Waals surface area contributed by atoms with Crippen molar-refractivity contribution in [2.75, 3.05) is 7.11 Å². The highest BCUT2D eigenvalue weighted by Crippen LogP contribution is 2.31. The number of nitrogens with zero attached hydrogens (tertiary/aromatic N) is 5. The lowest BCUT2D eigenvalue weighted by Gasteiger charge is -2.08. The van der Waals surface area contributed by atoms with Crippen molar-refractivity contribution in [3.8, 4) is 28.5 Å². The zero-order valence-corrected chi connectivity index (χ0v) is 18.0. The molecule has 10 heteroatoms.